The second kappa shape index (κ2) is 21.6. The highest BCUT2D eigenvalue weighted by molar-refractivity contribution is 5.90. The molecule has 0 fully saturated rings. The number of rotatable bonds is 12. The second-order valence-corrected chi connectivity index (χ2v) is 19.4. The molecule has 10 nitrogen and oxygen atoms in total. The minimum Gasteiger partial charge on any atom is -0.483 e. The number of benzene rings is 5. The first kappa shape index (κ1) is 48.4. The van der Waals surface area contributed by atoms with Gasteiger partial charge in [0.25, 0.3) is 0 Å². The number of methoxy groups -OCH3 is 1. The van der Waals surface area contributed by atoms with Crippen molar-refractivity contribution in [2.24, 2.45) is 5.92 Å². The van der Waals surface area contributed by atoms with Gasteiger partial charge in [-0.05, 0) is 121 Å². The van der Waals surface area contributed by atoms with Crippen LogP contribution in [0.2, 0.25) is 0 Å². The van der Waals surface area contributed by atoms with Gasteiger partial charge in [0.15, 0.2) is 12.2 Å². The number of aliphatic hydroxyl groups is 2. The molecule has 1 aliphatic carbocycles. The van der Waals surface area contributed by atoms with Gasteiger partial charge in [0, 0.05) is 48.3 Å². The summed E-state index contributed by atoms with van der Waals surface area (Å²) in [5, 5.41) is 21.7. The zero-order valence-corrected chi connectivity index (χ0v) is 40.2. The molecule has 0 amide bonds. The molecule has 2 N–H and O–H groups in total. The number of hydrogen-bond acceptors (Lipinski definition) is 10. The summed E-state index contributed by atoms with van der Waals surface area (Å²) >= 11 is 0. The van der Waals surface area contributed by atoms with Crippen LogP contribution in [0, 0.1) is 5.92 Å². The van der Waals surface area contributed by atoms with Crippen molar-refractivity contribution < 1.29 is 43.2 Å². The first-order chi connectivity index (χ1) is 34.0. The molecule has 10 heteroatoms. The van der Waals surface area contributed by atoms with E-state index in [2.05, 4.69) is 97.1 Å². The average molecular weight is 943 g/mol. The lowest BCUT2D eigenvalue weighted by molar-refractivity contribution is -0.192. The third-order valence-electron chi connectivity index (χ3n) is 14.7. The van der Waals surface area contributed by atoms with Gasteiger partial charge in [-0.1, -0.05) is 121 Å². The minimum atomic E-state index is -1.31. The normalized spacial score (nSPS) is 23.1. The first-order valence-corrected chi connectivity index (χ1v) is 24.6. The lowest BCUT2D eigenvalue weighted by Gasteiger charge is -2.45. The van der Waals surface area contributed by atoms with Crippen molar-refractivity contribution in [2.75, 3.05) is 20.3 Å². The molecule has 4 heterocycles. The fraction of sp³-hybridized carbons (Fsp3) is 0.350. The summed E-state index contributed by atoms with van der Waals surface area (Å²) in [6, 6.07) is 41.0. The van der Waals surface area contributed by atoms with Crippen molar-refractivity contribution >= 4 is 22.9 Å². The van der Waals surface area contributed by atoms with E-state index in [0.717, 1.165) is 23.1 Å². The predicted octanol–water partition coefficient (Wildman–Crippen LogP) is 10.5. The van der Waals surface area contributed by atoms with E-state index in [4.69, 9.17) is 23.4 Å². The number of ether oxygens (including phenoxy) is 4. The quantitative estimate of drug-likeness (QED) is 0.0527. The Morgan fingerprint density at radius 3 is 2.24 bits per heavy atom. The van der Waals surface area contributed by atoms with Crippen LogP contribution in [0.5, 0.6) is 5.75 Å². The van der Waals surface area contributed by atoms with Crippen LogP contribution in [-0.4, -0.2) is 54.2 Å². The van der Waals surface area contributed by atoms with Gasteiger partial charge in [0.2, 0.25) is 0 Å². The lowest BCUT2D eigenvalue weighted by atomic mass is 9.72. The summed E-state index contributed by atoms with van der Waals surface area (Å²) in [5.74, 6) is -1.15. The number of carbonyl (C=O) groups excluding carboxylic acids is 2. The van der Waals surface area contributed by atoms with Crippen LogP contribution in [-0.2, 0) is 56.1 Å². The van der Waals surface area contributed by atoms with Crippen molar-refractivity contribution in [1.82, 2.24) is 0 Å². The third kappa shape index (κ3) is 10.5. The smallest absolute Gasteiger partial charge is 0.339 e. The molecule has 0 unspecified atom stereocenters. The monoisotopic (exact) mass is 942 g/mol. The van der Waals surface area contributed by atoms with Crippen LogP contribution in [0.15, 0.2) is 154 Å². The Morgan fingerprint density at radius 2 is 1.51 bits per heavy atom. The van der Waals surface area contributed by atoms with Crippen molar-refractivity contribution in [3.63, 3.8) is 0 Å². The van der Waals surface area contributed by atoms with Crippen molar-refractivity contribution in [3.8, 4) is 5.75 Å². The molecule has 70 heavy (non-hydrogen) atoms. The Balaban J connectivity index is 1.16. The van der Waals surface area contributed by atoms with Gasteiger partial charge < -0.3 is 33.6 Å². The van der Waals surface area contributed by atoms with E-state index in [0.29, 0.717) is 59.9 Å². The number of aliphatic hydroxyl groups excluding tert-OH is 2. The van der Waals surface area contributed by atoms with Gasteiger partial charge in [0.05, 0.1) is 25.4 Å². The standard InChI is InChI=1S/C60H62O10/c1-38(36-61)47-25-21-40-19-22-43(23-20-40)48-26-24-45(44-18-10-16-42(33-44)32-41-14-8-5-9-15-41)34-46(48)35-53(63)67-56-54-52(28-27-49-51(37-62)50(29-31-66-3)59(65)68-55(49)54)70-60(2,57(56)69-58(47)64)30-11-17-39-12-6-4-7-13-39/h4-10,12-16,18-20,22-24,26-28,33,45-46,48,56-57,61-62H,11,17,21,25,29-32,34-37H2,1-3H3/b47-38-/t45-,46-,48+,56-,57+,60+/m1/s1. The van der Waals surface area contributed by atoms with Gasteiger partial charge in [-0.25, -0.2) is 9.59 Å². The largest absolute Gasteiger partial charge is 0.483 e. The van der Waals surface area contributed by atoms with E-state index < -0.39 is 42.0 Å². The van der Waals surface area contributed by atoms with E-state index in [-0.39, 0.29) is 66.9 Å². The fourth-order valence-electron chi connectivity index (χ4n) is 10.9. The molecule has 5 aromatic carbocycles. The average Bonchev–Trinajstić information content (AvgIpc) is 3.37. The second-order valence-electron chi connectivity index (χ2n) is 19.4. The van der Waals surface area contributed by atoms with Crippen LogP contribution in [0.4, 0.5) is 0 Å². The van der Waals surface area contributed by atoms with Crippen molar-refractivity contribution in [3.05, 3.63) is 205 Å². The van der Waals surface area contributed by atoms with E-state index in [1.54, 1.807) is 19.1 Å². The first-order valence-electron chi connectivity index (χ1n) is 24.6. The summed E-state index contributed by atoms with van der Waals surface area (Å²) in [4.78, 5) is 43.9. The molecule has 6 atom stereocenters. The molecule has 6 aromatic rings. The molecule has 0 saturated heterocycles. The summed E-state index contributed by atoms with van der Waals surface area (Å²) < 4.78 is 32.0. The van der Waals surface area contributed by atoms with Crippen LogP contribution in [0.3, 0.4) is 0 Å². The molecular weight excluding hydrogens is 881 g/mol. The molecule has 10 rings (SSSR count). The topological polar surface area (TPSA) is 142 Å². The van der Waals surface area contributed by atoms with Gasteiger partial charge in [-0.3, -0.25) is 4.79 Å². The molecule has 3 aliphatic heterocycles. The van der Waals surface area contributed by atoms with E-state index in [1.165, 1.54) is 23.8 Å². The van der Waals surface area contributed by atoms with Gasteiger partial charge in [-0.2, -0.15) is 0 Å². The maximum absolute atomic E-state index is 15.1. The summed E-state index contributed by atoms with van der Waals surface area (Å²) in [7, 11) is 1.53. The van der Waals surface area contributed by atoms with Crippen LogP contribution < -0.4 is 10.4 Å². The summed E-state index contributed by atoms with van der Waals surface area (Å²) in [6.07, 6.45) is 6.16. The highest BCUT2D eigenvalue weighted by Crippen LogP contribution is 2.50. The molecule has 0 radical (unpaired) electrons. The fourth-order valence-corrected chi connectivity index (χ4v) is 10.9. The molecule has 0 saturated carbocycles. The van der Waals surface area contributed by atoms with Gasteiger partial charge in [-0.15, -0.1) is 0 Å². The Bertz CT molecular complexity index is 2940. The summed E-state index contributed by atoms with van der Waals surface area (Å²) in [5.41, 5.74) is 6.60. The van der Waals surface area contributed by atoms with Gasteiger partial charge in [0.1, 0.15) is 16.9 Å². The number of fused-ring (bicyclic) bond motifs is 11. The Kier molecular flexibility index (Phi) is 14.9. The maximum atomic E-state index is 15.1. The number of allylic oxidation sites excluding steroid dienone is 2. The molecule has 0 spiro atoms. The van der Waals surface area contributed by atoms with Crippen molar-refractivity contribution in [1.29, 1.82) is 0 Å². The highest BCUT2D eigenvalue weighted by Gasteiger charge is 2.53. The van der Waals surface area contributed by atoms with E-state index in [1.807, 2.05) is 31.2 Å². The van der Waals surface area contributed by atoms with Crippen LogP contribution in [0.1, 0.15) is 114 Å². The minimum absolute atomic E-state index is 0.0294. The van der Waals surface area contributed by atoms with Crippen LogP contribution >= 0.6 is 0 Å². The molecule has 2 bridgehead atoms. The van der Waals surface area contributed by atoms with Gasteiger partial charge >= 0.3 is 17.6 Å². The highest BCUT2D eigenvalue weighted by atomic mass is 16.6. The zero-order valence-electron chi connectivity index (χ0n) is 40.2. The maximum Gasteiger partial charge on any atom is 0.339 e. The molecule has 1 aromatic heterocycles. The number of esters is 2. The molecule has 4 aliphatic rings. The van der Waals surface area contributed by atoms with E-state index >= 15 is 4.79 Å². The number of hydrogen-bond donors (Lipinski definition) is 2. The predicted molar refractivity (Wildman–Crippen MR) is 269 cm³/mol. The summed E-state index contributed by atoms with van der Waals surface area (Å²) in [6.45, 7) is 2.97. The Morgan fingerprint density at radius 1 is 0.771 bits per heavy atom. The molecule has 362 valence electrons. The molecular formula is C60H62O10. The SMILES string of the molecule is COCCc1c(CO)c2ccc3c(c2oc1=O)[C@H]1OC(=O)C[C@H]2C[C@H](c4cccc(Cc5ccccc5)c4)C=C[C@H]2c2ccc(cc2)CC/C(=C(\C)CO)C(=O)O[C@@H]1[C@](C)(CCCc1ccccc1)O3. The Hall–Kier alpha value is -6.59. The third-order valence-corrected chi connectivity index (χ3v) is 14.7. The number of aryl methyl sites for hydroxylation is 2. The van der Waals surface area contributed by atoms with Crippen molar-refractivity contribution in [2.45, 2.75) is 108 Å². The zero-order chi connectivity index (χ0) is 48.8. The van der Waals surface area contributed by atoms with Crippen LogP contribution in [0.25, 0.3) is 11.0 Å². The Labute approximate surface area is 409 Å². The number of carbonyl (C=O) groups is 2. The van der Waals surface area contributed by atoms with E-state index in [9.17, 15) is 19.8 Å². The lowest BCUT2D eigenvalue weighted by Crippen LogP contribution is -2.54.